The lowest BCUT2D eigenvalue weighted by Gasteiger charge is -2.35. The van der Waals surface area contributed by atoms with Crippen LogP contribution in [0.4, 0.5) is 4.39 Å². The summed E-state index contributed by atoms with van der Waals surface area (Å²) in [6.45, 7) is 4.37. The normalized spacial score (nSPS) is 17.0. The summed E-state index contributed by atoms with van der Waals surface area (Å²) in [4.78, 5) is 28.9. The summed E-state index contributed by atoms with van der Waals surface area (Å²) < 4.78 is 13.5. The summed E-state index contributed by atoms with van der Waals surface area (Å²) in [6, 6.07) is 7.56. The molecule has 4 nitrogen and oxygen atoms in total. The SMILES string of the molecule is CCc1cc(C(=O)N2CCc3ccc(F)cc3[C@H]2C)cc(=O)[nH]1. The van der Waals surface area contributed by atoms with Crippen LogP contribution in [-0.4, -0.2) is 22.3 Å². The molecule has 0 radical (unpaired) electrons. The van der Waals surface area contributed by atoms with Gasteiger partial charge in [0.05, 0.1) is 6.04 Å². The van der Waals surface area contributed by atoms with E-state index in [1.54, 1.807) is 17.0 Å². The van der Waals surface area contributed by atoms with Gasteiger partial charge in [-0.2, -0.15) is 0 Å². The summed E-state index contributed by atoms with van der Waals surface area (Å²) in [5.74, 6) is -0.484. The Kier molecular flexibility index (Phi) is 4.03. The number of halogens is 1. The molecular formula is C18H19FN2O2. The predicted octanol–water partition coefficient (Wildman–Crippen LogP) is 2.84. The van der Waals surface area contributed by atoms with Crippen LogP contribution < -0.4 is 5.56 Å². The highest BCUT2D eigenvalue weighted by Gasteiger charge is 2.28. The van der Waals surface area contributed by atoms with Crippen molar-refractivity contribution >= 4 is 5.91 Å². The molecule has 1 aromatic heterocycles. The number of aryl methyl sites for hydroxylation is 1. The molecular weight excluding hydrogens is 295 g/mol. The first-order valence-corrected chi connectivity index (χ1v) is 7.82. The Balaban J connectivity index is 1.95. The van der Waals surface area contributed by atoms with Gasteiger partial charge in [-0.25, -0.2) is 4.39 Å². The van der Waals surface area contributed by atoms with E-state index in [4.69, 9.17) is 0 Å². The topological polar surface area (TPSA) is 53.2 Å². The van der Waals surface area contributed by atoms with E-state index < -0.39 is 0 Å². The smallest absolute Gasteiger partial charge is 0.254 e. The lowest BCUT2D eigenvalue weighted by Crippen LogP contribution is -2.39. The number of hydrogen-bond donors (Lipinski definition) is 1. The first-order valence-electron chi connectivity index (χ1n) is 7.82. The molecule has 0 spiro atoms. The Morgan fingerprint density at radius 1 is 1.35 bits per heavy atom. The van der Waals surface area contributed by atoms with Gasteiger partial charge >= 0.3 is 0 Å². The number of nitrogens with zero attached hydrogens (tertiary/aromatic N) is 1. The van der Waals surface area contributed by atoms with E-state index in [1.165, 1.54) is 18.2 Å². The number of amides is 1. The number of aromatic amines is 1. The molecule has 1 aromatic carbocycles. The molecule has 120 valence electrons. The van der Waals surface area contributed by atoms with Crippen molar-refractivity contribution in [2.45, 2.75) is 32.7 Å². The molecule has 0 saturated carbocycles. The van der Waals surface area contributed by atoms with Crippen molar-refractivity contribution in [2.75, 3.05) is 6.54 Å². The fraction of sp³-hybridized carbons (Fsp3) is 0.333. The third-order valence-corrected chi connectivity index (χ3v) is 4.44. The Morgan fingerprint density at radius 3 is 2.87 bits per heavy atom. The van der Waals surface area contributed by atoms with Crippen molar-refractivity contribution in [3.05, 3.63) is 68.9 Å². The molecule has 0 bridgehead atoms. The van der Waals surface area contributed by atoms with Crippen LogP contribution in [0, 0.1) is 5.82 Å². The number of nitrogens with one attached hydrogen (secondary N) is 1. The summed E-state index contributed by atoms with van der Waals surface area (Å²) in [5.41, 5.74) is 2.76. The van der Waals surface area contributed by atoms with Crippen LogP contribution in [-0.2, 0) is 12.8 Å². The molecule has 0 saturated heterocycles. The third-order valence-electron chi connectivity index (χ3n) is 4.44. The molecule has 2 aromatic rings. The van der Waals surface area contributed by atoms with Gasteiger partial charge in [0.1, 0.15) is 5.82 Å². The quantitative estimate of drug-likeness (QED) is 0.926. The molecule has 1 aliphatic rings. The molecule has 1 atom stereocenters. The molecule has 3 rings (SSSR count). The van der Waals surface area contributed by atoms with E-state index >= 15 is 0 Å². The number of hydrogen-bond acceptors (Lipinski definition) is 2. The predicted molar refractivity (Wildman–Crippen MR) is 86.0 cm³/mol. The molecule has 1 amide bonds. The van der Waals surface area contributed by atoms with Crippen molar-refractivity contribution < 1.29 is 9.18 Å². The fourth-order valence-electron chi connectivity index (χ4n) is 3.14. The number of pyridine rings is 1. The summed E-state index contributed by atoms with van der Waals surface area (Å²) in [7, 11) is 0. The van der Waals surface area contributed by atoms with Gasteiger partial charge in [-0.1, -0.05) is 13.0 Å². The van der Waals surface area contributed by atoms with E-state index in [-0.39, 0.29) is 23.3 Å². The average molecular weight is 314 g/mol. The molecule has 0 fully saturated rings. The van der Waals surface area contributed by atoms with Crippen molar-refractivity contribution in [3.8, 4) is 0 Å². The van der Waals surface area contributed by atoms with Gasteiger partial charge < -0.3 is 9.88 Å². The zero-order valence-electron chi connectivity index (χ0n) is 13.2. The minimum absolute atomic E-state index is 0.187. The van der Waals surface area contributed by atoms with Gasteiger partial charge in [0.25, 0.3) is 5.91 Å². The summed E-state index contributed by atoms with van der Waals surface area (Å²) >= 11 is 0. The summed E-state index contributed by atoms with van der Waals surface area (Å²) in [6.07, 6.45) is 1.34. The summed E-state index contributed by atoms with van der Waals surface area (Å²) in [5, 5.41) is 0. The lowest BCUT2D eigenvalue weighted by molar-refractivity contribution is 0.0677. The first-order chi connectivity index (χ1) is 11.0. The molecule has 5 heteroatoms. The Hall–Kier alpha value is -2.43. The Labute approximate surface area is 134 Å². The highest BCUT2D eigenvalue weighted by Crippen LogP contribution is 2.31. The van der Waals surface area contributed by atoms with Crippen LogP contribution in [0.15, 0.2) is 35.1 Å². The van der Waals surface area contributed by atoms with Crippen LogP contribution >= 0.6 is 0 Å². The van der Waals surface area contributed by atoms with Crippen molar-refractivity contribution in [2.24, 2.45) is 0 Å². The van der Waals surface area contributed by atoms with E-state index in [9.17, 15) is 14.0 Å². The number of benzene rings is 1. The Morgan fingerprint density at radius 2 is 2.13 bits per heavy atom. The maximum atomic E-state index is 13.5. The van der Waals surface area contributed by atoms with E-state index in [0.29, 0.717) is 24.9 Å². The van der Waals surface area contributed by atoms with Gasteiger partial charge in [0.2, 0.25) is 5.56 Å². The minimum atomic E-state index is -0.297. The number of aromatic nitrogens is 1. The van der Waals surface area contributed by atoms with Crippen LogP contribution in [0.5, 0.6) is 0 Å². The largest absolute Gasteiger partial charge is 0.332 e. The molecule has 23 heavy (non-hydrogen) atoms. The van der Waals surface area contributed by atoms with E-state index in [1.807, 2.05) is 13.8 Å². The third kappa shape index (κ3) is 2.91. The van der Waals surface area contributed by atoms with Crippen LogP contribution in [0.3, 0.4) is 0 Å². The van der Waals surface area contributed by atoms with Gasteiger partial charge in [-0.3, -0.25) is 9.59 Å². The highest BCUT2D eigenvalue weighted by atomic mass is 19.1. The monoisotopic (exact) mass is 314 g/mol. The standard InChI is InChI=1S/C18H19FN2O2/c1-3-15-8-13(9-17(22)20-15)18(23)21-7-6-12-4-5-14(19)10-16(12)11(21)2/h4-5,8-11H,3,6-7H2,1-2H3,(H,20,22)/t11-/m1/s1. The van der Waals surface area contributed by atoms with Crippen LogP contribution in [0.2, 0.25) is 0 Å². The molecule has 0 aliphatic carbocycles. The Bertz CT molecular complexity index is 813. The average Bonchev–Trinajstić information content (AvgIpc) is 2.54. The van der Waals surface area contributed by atoms with Crippen LogP contribution in [0.1, 0.15) is 47.1 Å². The van der Waals surface area contributed by atoms with Crippen molar-refractivity contribution in [1.29, 1.82) is 0 Å². The van der Waals surface area contributed by atoms with Gasteiger partial charge in [0.15, 0.2) is 0 Å². The number of rotatable bonds is 2. The highest BCUT2D eigenvalue weighted by molar-refractivity contribution is 5.94. The zero-order chi connectivity index (χ0) is 16.6. The second-order valence-corrected chi connectivity index (χ2v) is 5.88. The van der Waals surface area contributed by atoms with E-state index in [2.05, 4.69) is 4.98 Å². The molecule has 1 N–H and O–H groups in total. The minimum Gasteiger partial charge on any atom is -0.332 e. The number of carbonyl (C=O) groups excluding carboxylic acids is 1. The lowest BCUT2D eigenvalue weighted by atomic mass is 9.93. The first kappa shape index (κ1) is 15.5. The second-order valence-electron chi connectivity index (χ2n) is 5.88. The van der Waals surface area contributed by atoms with Gasteiger partial charge in [-0.05, 0) is 49.1 Å². The maximum Gasteiger partial charge on any atom is 0.254 e. The second kappa shape index (κ2) is 5.99. The maximum absolute atomic E-state index is 13.5. The van der Waals surface area contributed by atoms with Crippen molar-refractivity contribution in [3.63, 3.8) is 0 Å². The number of H-pyrrole nitrogens is 1. The zero-order valence-corrected chi connectivity index (χ0v) is 13.2. The molecule has 2 heterocycles. The fourth-order valence-corrected chi connectivity index (χ4v) is 3.14. The van der Waals surface area contributed by atoms with Crippen molar-refractivity contribution in [1.82, 2.24) is 9.88 Å². The van der Waals surface area contributed by atoms with Gasteiger partial charge in [0, 0.05) is 23.9 Å². The van der Waals surface area contributed by atoms with Gasteiger partial charge in [-0.15, -0.1) is 0 Å². The van der Waals surface area contributed by atoms with Crippen LogP contribution in [0.25, 0.3) is 0 Å². The molecule has 1 aliphatic heterocycles. The number of fused-ring (bicyclic) bond motifs is 1. The van der Waals surface area contributed by atoms with E-state index in [0.717, 1.165) is 16.8 Å². The molecule has 0 unspecified atom stereocenters. The number of carbonyl (C=O) groups is 1.